The summed E-state index contributed by atoms with van der Waals surface area (Å²) in [5, 5.41) is 9.89. The summed E-state index contributed by atoms with van der Waals surface area (Å²) in [6, 6.07) is 7.91. The molecule has 1 fully saturated rings. The van der Waals surface area contributed by atoms with Crippen LogP contribution >= 0.6 is 0 Å². The second-order valence-corrected chi connectivity index (χ2v) is 6.95. The van der Waals surface area contributed by atoms with E-state index in [1.807, 2.05) is 30.5 Å². The maximum Gasteiger partial charge on any atom is 0.306 e. The first-order chi connectivity index (χ1) is 12.0. The Kier molecular flexibility index (Phi) is 5.08. The quantitative estimate of drug-likeness (QED) is 0.905. The first-order valence-electron chi connectivity index (χ1n) is 8.66. The van der Waals surface area contributed by atoms with Gasteiger partial charge in [-0.1, -0.05) is 32.0 Å². The van der Waals surface area contributed by atoms with Gasteiger partial charge >= 0.3 is 5.97 Å². The zero-order chi connectivity index (χ0) is 18.0. The summed E-state index contributed by atoms with van der Waals surface area (Å²) in [4.78, 5) is 25.7. The average Bonchev–Trinajstić information content (AvgIpc) is 2.92. The molecule has 2 aromatic rings. The normalized spacial score (nSPS) is 18.0. The summed E-state index contributed by atoms with van der Waals surface area (Å²) in [7, 11) is 0. The number of nitrogens with zero attached hydrogens (tertiary/aromatic N) is 2. The number of hydrogen-bond acceptors (Lipinski definition) is 3. The van der Waals surface area contributed by atoms with E-state index in [1.54, 1.807) is 4.90 Å². The van der Waals surface area contributed by atoms with Crippen molar-refractivity contribution in [1.82, 2.24) is 9.47 Å². The molecule has 1 atom stereocenters. The number of carbonyl (C=O) groups is 2. The first kappa shape index (κ1) is 17.5. The minimum absolute atomic E-state index is 0.0580. The summed E-state index contributed by atoms with van der Waals surface area (Å²) < 4.78 is 7.60. The largest absolute Gasteiger partial charge is 0.481 e. The molecule has 1 saturated heterocycles. The van der Waals surface area contributed by atoms with E-state index in [1.165, 1.54) is 0 Å². The third kappa shape index (κ3) is 3.85. The number of rotatable bonds is 5. The first-order valence-corrected chi connectivity index (χ1v) is 8.66. The third-order valence-electron chi connectivity index (χ3n) is 4.41. The molecule has 1 aromatic carbocycles. The molecule has 0 saturated carbocycles. The Morgan fingerprint density at radius 3 is 2.80 bits per heavy atom. The Bertz CT molecular complexity index is 781. The number of carboxylic acids is 1. The van der Waals surface area contributed by atoms with E-state index < -0.39 is 12.1 Å². The molecule has 1 aromatic heterocycles. The van der Waals surface area contributed by atoms with Crippen LogP contribution in [0.25, 0.3) is 10.9 Å². The number of carbonyl (C=O) groups excluding carboxylic acids is 1. The lowest BCUT2D eigenvalue weighted by Gasteiger charge is -2.32. The van der Waals surface area contributed by atoms with E-state index in [0.717, 1.165) is 17.4 Å². The highest BCUT2D eigenvalue weighted by molar-refractivity contribution is 6.07. The average molecular weight is 344 g/mol. The Balaban J connectivity index is 1.88. The summed E-state index contributed by atoms with van der Waals surface area (Å²) in [5.41, 5.74) is 1.72. The minimum atomic E-state index is -0.909. The highest BCUT2D eigenvalue weighted by Crippen LogP contribution is 2.24. The van der Waals surface area contributed by atoms with Gasteiger partial charge in [0.05, 0.1) is 24.7 Å². The fraction of sp³-hybridized carbons (Fsp3) is 0.474. The number of amides is 1. The molecule has 1 aliphatic heterocycles. The molecule has 2 heterocycles. The third-order valence-corrected chi connectivity index (χ3v) is 4.41. The van der Waals surface area contributed by atoms with Gasteiger partial charge in [-0.05, 0) is 12.0 Å². The highest BCUT2D eigenvalue weighted by Gasteiger charge is 2.28. The van der Waals surface area contributed by atoms with E-state index in [0.29, 0.717) is 31.2 Å². The SMILES string of the molecule is CC(C)Cn1cc(C(=O)N2CCOC(CC(=O)O)C2)c2ccccc21. The molecule has 0 bridgehead atoms. The predicted octanol–water partition coefficient (Wildman–Crippen LogP) is 2.61. The zero-order valence-corrected chi connectivity index (χ0v) is 14.6. The number of ether oxygens (including phenoxy) is 1. The van der Waals surface area contributed by atoms with Crippen molar-refractivity contribution in [2.75, 3.05) is 19.7 Å². The monoisotopic (exact) mass is 344 g/mol. The predicted molar refractivity (Wildman–Crippen MR) is 94.7 cm³/mol. The van der Waals surface area contributed by atoms with Crippen LogP contribution in [0.2, 0.25) is 0 Å². The van der Waals surface area contributed by atoms with Crippen molar-refractivity contribution >= 4 is 22.8 Å². The standard InChI is InChI=1S/C19H24N2O4/c1-13(2)10-21-12-16(15-5-3-4-6-17(15)21)19(24)20-7-8-25-14(11-20)9-18(22)23/h3-6,12-14H,7-11H2,1-2H3,(H,22,23). The van der Waals surface area contributed by atoms with Crippen LogP contribution in [0, 0.1) is 5.92 Å². The van der Waals surface area contributed by atoms with Crippen LogP contribution in [0.4, 0.5) is 0 Å². The molecule has 6 nitrogen and oxygen atoms in total. The van der Waals surface area contributed by atoms with Gasteiger partial charge in [-0.25, -0.2) is 0 Å². The number of aliphatic carboxylic acids is 1. The van der Waals surface area contributed by atoms with E-state index >= 15 is 0 Å². The highest BCUT2D eigenvalue weighted by atomic mass is 16.5. The second-order valence-electron chi connectivity index (χ2n) is 6.95. The topological polar surface area (TPSA) is 71.8 Å². The molecule has 0 spiro atoms. The molecule has 1 amide bonds. The lowest BCUT2D eigenvalue weighted by Crippen LogP contribution is -2.46. The van der Waals surface area contributed by atoms with Crippen LogP contribution in [0.1, 0.15) is 30.6 Å². The molecule has 1 aliphatic rings. The van der Waals surface area contributed by atoms with Crippen LogP contribution in [-0.4, -0.2) is 52.3 Å². The van der Waals surface area contributed by atoms with E-state index in [9.17, 15) is 9.59 Å². The Labute approximate surface area is 147 Å². The maximum absolute atomic E-state index is 13.1. The fourth-order valence-electron chi connectivity index (χ4n) is 3.35. The smallest absolute Gasteiger partial charge is 0.306 e. The van der Waals surface area contributed by atoms with Gasteiger partial charge in [0.1, 0.15) is 0 Å². The van der Waals surface area contributed by atoms with Gasteiger partial charge in [-0.3, -0.25) is 9.59 Å². The molecule has 0 radical (unpaired) electrons. The summed E-state index contributed by atoms with van der Waals surface area (Å²) in [6.07, 6.45) is 1.40. The molecule has 1 unspecified atom stereocenters. The van der Waals surface area contributed by atoms with Gasteiger partial charge in [0.25, 0.3) is 5.91 Å². The van der Waals surface area contributed by atoms with Crippen molar-refractivity contribution in [2.24, 2.45) is 5.92 Å². The lowest BCUT2D eigenvalue weighted by atomic mass is 10.1. The second kappa shape index (κ2) is 7.27. The molecule has 6 heteroatoms. The van der Waals surface area contributed by atoms with Crippen LogP contribution in [-0.2, 0) is 16.1 Å². The number of carboxylic acid groups (broad SMARTS) is 1. The summed E-state index contributed by atoms with van der Waals surface area (Å²) in [5.74, 6) is -0.493. The van der Waals surface area contributed by atoms with Gasteiger partial charge in [0, 0.05) is 36.7 Å². The van der Waals surface area contributed by atoms with Crippen LogP contribution in [0.5, 0.6) is 0 Å². The van der Waals surface area contributed by atoms with Crippen molar-refractivity contribution in [3.63, 3.8) is 0 Å². The van der Waals surface area contributed by atoms with Crippen molar-refractivity contribution < 1.29 is 19.4 Å². The minimum Gasteiger partial charge on any atom is -0.481 e. The summed E-state index contributed by atoms with van der Waals surface area (Å²) >= 11 is 0. The van der Waals surface area contributed by atoms with E-state index in [-0.39, 0.29) is 12.3 Å². The maximum atomic E-state index is 13.1. The Hall–Kier alpha value is -2.34. The lowest BCUT2D eigenvalue weighted by molar-refractivity contribution is -0.141. The number of aromatic nitrogens is 1. The Morgan fingerprint density at radius 1 is 1.32 bits per heavy atom. The molecule has 1 N–H and O–H groups in total. The van der Waals surface area contributed by atoms with E-state index in [2.05, 4.69) is 18.4 Å². The number of hydrogen-bond donors (Lipinski definition) is 1. The van der Waals surface area contributed by atoms with Gasteiger partial charge in [0.2, 0.25) is 0 Å². The van der Waals surface area contributed by atoms with Crippen molar-refractivity contribution in [2.45, 2.75) is 32.9 Å². The number of fused-ring (bicyclic) bond motifs is 1. The summed E-state index contributed by atoms with van der Waals surface area (Å²) in [6.45, 7) is 6.31. The van der Waals surface area contributed by atoms with Crippen molar-refractivity contribution in [1.29, 1.82) is 0 Å². The molecule has 3 rings (SSSR count). The number of morpholine rings is 1. The van der Waals surface area contributed by atoms with Gasteiger partial charge < -0.3 is 19.3 Å². The number of benzene rings is 1. The zero-order valence-electron chi connectivity index (χ0n) is 14.6. The van der Waals surface area contributed by atoms with Crippen LogP contribution in [0.15, 0.2) is 30.5 Å². The fourth-order valence-corrected chi connectivity index (χ4v) is 3.35. The van der Waals surface area contributed by atoms with Crippen molar-refractivity contribution in [3.8, 4) is 0 Å². The van der Waals surface area contributed by atoms with Crippen molar-refractivity contribution in [3.05, 3.63) is 36.0 Å². The van der Waals surface area contributed by atoms with Gasteiger partial charge in [0.15, 0.2) is 0 Å². The molecule has 25 heavy (non-hydrogen) atoms. The Morgan fingerprint density at radius 2 is 2.08 bits per heavy atom. The van der Waals surface area contributed by atoms with Gasteiger partial charge in [-0.15, -0.1) is 0 Å². The van der Waals surface area contributed by atoms with Crippen LogP contribution in [0.3, 0.4) is 0 Å². The molecule has 0 aliphatic carbocycles. The van der Waals surface area contributed by atoms with E-state index in [4.69, 9.17) is 9.84 Å². The number of para-hydroxylation sites is 1. The molecular formula is C19H24N2O4. The molecule has 134 valence electrons. The van der Waals surface area contributed by atoms with Gasteiger partial charge in [-0.2, -0.15) is 0 Å². The molecular weight excluding hydrogens is 320 g/mol. The van der Waals surface area contributed by atoms with Crippen LogP contribution < -0.4 is 0 Å².